The number of benzene rings is 1. The average Bonchev–Trinajstić information content (AvgIpc) is 3.27. The summed E-state index contributed by atoms with van der Waals surface area (Å²) in [6.07, 6.45) is -0.219. The van der Waals surface area contributed by atoms with Crippen LogP contribution in [0.3, 0.4) is 0 Å². The highest BCUT2D eigenvalue weighted by molar-refractivity contribution is 8.00. The number of hydrogen-bond donors (Lipinski definition) is 1. The molecule has 142 valence electrons. The van der Waals surface area contributed by atoms with Crippen molar-refractivity contribution in [1.82, 2.24) is 0 Å². The van der Waals surface area contributed by atoms with Crippen molar-refractivity contribution in [3.63, 3.8) is 0 Å². The number of anilines is 2. The van der Waals surface area contributed by atoms with E-state index in [-0.39, 0.29) is 18.8 Å². The Morgan fingerprint density at radius 3 is 2.77 bits per heavy atom. The van der Waals surface area contributed by atoms with E-state index in [0.29, 0.717) is 22.7 Å². The van der Waals surface area contributed by atoms with E-state index in [2.05, 4.69) is 4.90 Å². The molecule has 2 bridgehead atoms. The maximum atomic E-state index is 14.7. The number of rotatable bonds is 5. The molecule has 3 atom stereocenters. The SMILES string of the molecule is O=C1OC(CCS(=O)(=O)O)CN1c1ccc(N2C[C@@H]3C[C@H]2CS3)c(F)c1. The first-order chi connectivity index (χ1) is 12.3. The Morgan fingerprint density at radius 2 is 2.15 bits per heavy atom. The van der Waals surface area contributed by atoms with Crippen molar-refractivity contribution in [3.8, 4) is 0 Å². The summed E-state index contributed by atoms with van der Waals surface area (Å²) in [5.74, 6) is 0.149. The zero-order valence-electron chi connectivity index (χ0n) is 13.9. The normalized spacial score (nSPS) is 28.1. The second-order valence-corrected chi connectivity index (χ2v) is 9.73. The monoisotopic (exact) mass is 402 g/mol. The standard InChI is InChI=1S/C16H19FN2O5S2/c17-14-6-10(1-2-15(14)18-8-13-5-11(18)9-25-13)19-7-12(24-16(19)20)3-4-26(21,22)23/h1-2,6,11-13H,3-5,7-9H2,(H,21,22,23)/t11-,12?,13-/m0/s1. The van der Waals surface area contributed by atoms with Crippen molar-refractivity contribution in [3.05, 3.63) is 24.0 Å². The summed E-state index contributed by atoms with van der Waals surface area (Å²) in [6.45, 7) is 0.966. The molecule has 0 aliphatic carbocycles. The van der Waals surface area contributed by atoms with Gasteiger partial charge in [-0.05, 0) is 24.6 Å². The molecule has 1 amide bonds. The zero-order valence-corrected chi connectivity index (χ0v) is 15.5. The van der Waals surface area contributed by atoms with Crippen LogP contribution in [0.25, 0.3) is 0 Å². The Bertz CT molecular complexity index is 834. The molecule has 0 radical (unpaired) electrons. The summed E-state index contributed by atoms with van der Waals surface area (Å²) in [7, 11) is -4.11. The van der Waals surface area contributed by atoms with Crippen LogP contribution in [0.4, 0.5) is 20.6 Å². The van der Waals surface area contributed by atoms with Crippen LogP contribution in [0, 0.1) is 5.82 Å². The first-order valence-corrected chi connectivity index (χ1v) is 11.1. The molecule has 10 heteroatoms. The zero-order chi connectivity index (χ0) is 18.5. The number of fused-ring (bicyclic) bond motifs is 2. The molecule has 1 aromatic rings. The largest absolute Gasteiger partial charge is 0.444 e. The molecule has 7 nitrogen and oxygen atoms in total. The first kappa shape index (κ1) is 17.9. The van der Waals surface area contributed by atoms with Crippen LogP contribution in [0.2, 0.25) is 0 Å². The molecule has 3 aliphatic heterocycles. The predicted molar refractivity (Wildman–Crippen MR) is 97.0 cm³/mol. The van der Waals surface area contributed by atoms with Gasteiger partial charge < -0.3 is 9.64 Å². The Balaban J connectivity index is 1.46. The van der Waals surface area contributed by atoms with Gasteiger partial charge in [-0.1, -0.05) is 0 Å². The lowest BCUT2D eigenvalue weighted by Crippen LogP contribution is -2.34. The third-order valence-corrected chi connectivity index (χ3v) is 7.17. The fourth-order valence-electron chi connectivity index (χ4n) is 3.75. The van der Waals surface area contributed by atoms with Crippen LogP contribution in [-0.2, 0) is 14.9 Å². The van der Waals surface area contributed by atoms with Crippen LogP contribution < -0.4 is 9.80 Å². The average molecular weight is 402 g/mol. The van der Waals surface area contributed by atoms with Gasteiger partial charge in [0.25, 0.3) is 10.1 Å². The molecule has 3 saturated heterocycles. The molecule has 26 heavy (non-hydrogen) atoms. The Kier molecular flexibility index (Phi) is 4.52. The molecule has 0 aromatic heterocycles. The smallest absolute Gasteiger partial charge is 0.414 e. The molecular formula is C16H19FN2O5S2. The molecule has 0 saturated carbocycles. The van der Waals surface area contributed by atoms with Crippen LogP contribution in [0.5, 0.6) is 0 Å². The fourth-order valence-corrected chi connectivity index (χ4v) is 5.75. The lowest BCUT2D eigenvalue weighted by atomic mass is 10.2. The third kappa shape index (κ3) is 3.49. The van der Waals surface area contributed by atoms with Gasteiger partial charge in [0.2, 0.25) is 0 Å². The van der Waals surface area contributed by atoms with Crippen molar-refractivity contribution in [2.24, 2.45) is 0 Å². The van der Waals surface area contributed by atoms with E-state index in [1.54, 1.807) is 12.1 Å². The van der Waals surface area contributed by atoms with E-state index < -0.39 is 28.1 Å². The van der Waals surface area contributed by atoms with Crippen LogP contribution in [0.1, 0.15) is 12.8 Å². The van der Waals surface area contributed by atoms with E-state index >= 15 is 0 Å². The van der Waals surface area contributed by atoms with Gasteiger partial charge in [0.05, 0.1) is 23.7 Å². The Labute approximate surface area is 155 Å². The topological polar surface area (TPSA) is 87.1 Å². The summed E-state index contributed by atoms with van der Waals surface area (Å²) in [5, 5.41) is 0.566. The number of carbonyl (C=O) groups excluding carboxylic acids is 1. The summed E-state index contributed by atoms with van der Waals surface area (Å²) in [5.41, 5.74) is 0.932. The fraction of sp³-hybridized carbons (Fsp3) is 0.562. The molecule has 4 rings (SSSR count). The minimum atomic E-state index is -4.11. The molecule has 1 N–H and O–H groups in total. The van der Waals surface area contributed by atoms with Crippen molar-refractivity contribution in [2.45, 2.75) is 30.2 Å². The maximum absolute atomic E-state index is 14.7. The second kappa shape index (κ2) is 6.58. The van der Waals surface area contributed by atoms with E-state index in [9.17, 15) is 17.6 Å². The van der Waals surface area contributed by atoms with Crippen LogP contribution >= 0.6 is 11.8 Å². The van der Waals surface area contributed by atoms with Gasteiger partial charge in [0.15, 0.2) is 0 Å². The first-order valence-electron chi connectivity index (χ1n) is 8.41. The highest BCUT2D eigenvalue weighted by atomic mass is 32.2. The van der Waals surface area contributed by atoms with Gasteiger partial charge in [-0.2, -0.15) is 20.2 Å². The summed E-state index contributed by atoms with van der Waals surface area (Å²) in [4.78, 5) is 15.4. The number of amides is 1. The van der Waals surface area contributed by atoms with E-state index in [0.717, 1.165) is 18.7 Å². The van der Waals surface area contributed by atoms with Gasteiger partial charge in [-0.25, -0.2) is 9.18 Å². The summed E-state index contributed by atoms with van der Waals surface area (Å²) >= 11 is 1.93. The van der Waals surface area contributed by atoms with Crippen LogP contribution in [-0.4, -0.2) is 61.1 Å². The van der Waals surface area contributed by atoms with E-state index in [1.165, 1.54) is 11.0 Å². The highest BCUT2D eigenvalue weighted by Gasteiger charge is 2.40. The second-order valence-electron chi connectivity index (χ2n) is 6.82. The number of halogens is 1. The minimum absolute atomic E-state index is 0.00382. The van der Waals surface area contributed by atoms with Crippen molar-refractivity contribution in [2.75, 3.05) is 34.4 Å². The molecule has 3 aliphatic rings. The van der Waals surface area contributed by atoms with Gasteiger partial charge in [0.1, 0.15) is 11.9 Å². The van der Waals surface area contributed by atoms with Gasteiger partial charge in [-0.3, -0.25) is 9.45 Å². The summed E-state index contributed by atoms with van der Waals surface area (Å²) < 4.78 is 50.2. The van der Waals surface area contributed by atoms with Crippen LogP contribution in [0.15, 0.2) is 18.2 Å². The van der Waals surface area contributed by atoms with E-state index in [1.807, 2.05) is 11.8 Å². The number of hydrogen-bond acceptors (Lipinski definition) is 6. The van der Waals surface area contributed by atoms with Gasteiger partial charge in [0, 0.05) is 30.0 Å². The summed E-state index contributed by atoms with van der Waals surface area (Å²) in [6, 6.07) is 5.06. The van der Waals surface area contributed by atoms with E-state index in [4.69, 9.17) is 9.29 Å². The maximum Gasteiger partial charge on any atom is 0.414 e. The van der Waals surface area contributed by atoms with Crippen molar-refractivity contribution < 1.29 is 26.9 Å². The Morgan fingerprint density at radius 1 is 1.35 bits per heavy atom. The lowest BCUT2D eigenvalue weighted by molar-refractivity contribution is 0.139. The van der Waals surface area contributed by atoms with Gasteiger partial charge in [-0.15, -0.1) is 0 Å². The van der Waals surface area contributed by atoms with Crippen molar-refractivity contribution >= 4 is 39.3 Å². The van der Waals surface area contributed by atoms with Gasteiger partial charge >= 0.3 is 6.09 Å². The molecule has 3 fully saturated rings. The highest BCUT2D eigenvalue weighted by Crippen LogP contribution is 2.41. The predicted octanol–water partition coefficient (Wildman–Crippen LogP) is 2.12. The molecular weight excluding hydrogens is 383 g/mol. The number of thioether (sulfide) groups is 1. The quantitative estimate of drug-likeness (QED) is 0.755. The Hall–Kier alpha value is -1.52. The number of ether oxygens (including phenoxy) is 1. The van der Waals surface area contributed by atoms with Crippen molar-refractivity contribution in [1.29, 1.82) is 0 Å². The number of nitrogens with zero attached hydrogens (tertiary/aromatic N) is 2. The minimum Gasteiger partial charge on any atom is -0.444 e. The molecule has 3 heterocycles. The molecule has 0 spiro atoms. The number of carbonyl (C=O) groups is 1. The molecule has 1 unspecified atom stereocenters. The molecule has 1 aromatic carbocycles. The lowest BCUT2D eigenvalue weighted by Gasteiger charge is -2.29. The third-order valence-electron chi connectivity index (χ3n) is 5.02. The number of cyclic esters (lactones) is 1.